The molecule has 0 saturated heterocycles. The van der Waals surface area contributed by atoms with E-state index in [0.717, 1.165) is 38.5 Å². The van der Waals surface area contributed by atoms with E-state index >= 15 is 0 Å². The number of phosphoric ester groups is 1. The molecule has 0 spiro atoms. The molecule has 3 unspecified atom stereocenters. The number of aliphatic hydroxyl groups is 1. The SMILES string of the molecule is CCCCCCCCCC/C=C\CCCCCCCCCCCCCCCC(=O)NC(COP(=O)(O)OCC[N+](C)(C)C)C(O)/C=C/CCCCCCCCCCCCCCCCC. The van der Waals surface area contributed by atoms with Gasteiger partial charge in [-0.15, -0.1) is 0 Å². The number of quaternary nitrogens is 1. The van der Waals surface area contributed by atoms with Gasteiger partial charge in [-0.25, -0.2) is 4.57 Å². The van der Waals surface area contributed by atoms with E-state index in [1.54, 1.807) is 6.08 Å². The second-order valence-corrected chi connectivity index (χ2v) is 21.8. The normalized spacial score (nSPS) is 14.2. The number of allylic oxidation sites excluding steroid dienone is 3. The first-order chi connectivity index (χ1) is 31.0. The van der Waals surface area contributed by atoms with Crippen LogP contribution in [0.3, 0.4) is 0 Å². The molecular formula is C55H110N2O6P+. The minimum absolute atomic E-state index is 0.0634. The Hall–Kier alpha value is -1.02. The molecule has 0 bridgehead atoms. The lowest BCUT2D eigenvalue weighted by atomic mass is 10.0. The smallest absolute Gasteiger partial charge is 0.387 e. The number of nitrogens with zero attached hydrogens (tertiary/aromatic N) is 1. The molecule has 0 aliphatic carbocycles. The summed E-state index contributed by atoms with van der Waals surface area (Å²) in [5.74, 6) is -0.173. The van der Waals surface area contributed by atoms with E-state index in [9.17, 15) is 19.4 Å². The molecule has 1 amide bonds. The highest BCUT2D eigenvalue weighted by molar-refractivity contribution is 7.47. The maximum atomic E-state index is 13.0. The number of amides is 1. The lowest BCUT2D eigenvalue weighted by Crippen LogP contribution is -2.45. The molecule has 64 heavy (non-hydrogen) atoms. The Morgan fingerprint density at radius 3 is 1.20 bits per heavy atom. The quantitative estimate of drug-likeness (QED) is 0.0243. The number of carbonyl (C=O) groups excluding carboxylic acids is 1. The predicted molar refractivity (Wildman–Crippen MR) is 277 cm³/mol. The Kier molecular flexibility index (Phi) is 46.3. The lowest BCUT2D eigenvalue weighted by molar-refractivity contribution is -0.870. The van der Waals surface area contributed by atoms with Crippen LogP contribution in [0.5, 0.6) is 0 Å². The van der Waals surface area contributed by atoms with E-state index < -0.39 is 20.0 Å². The summed E-state index contributed by atoms with van der Waals surface area (Å²) in [6.07, 6.45) is 58.4. The highest BCUT2D eigenvalue weighted by Crippen LogP contribution is 2.43. The molecule has 0 aliphatic heterocycles. The van der Waals surface area contributed by atoms with Crippen LogP contribution in [0.15, 0.2) is 24.3 Å². The molecule has 8 nitrogen and oxygen atoms in total. The van der Waals surface area contributed by atoms with Crippen LogP contribution in [0, 0.1) is 0 Å². The number of hydrogen-bond donors (Lipinski definition) is 3. The van der Waals surface area contributed by atoms with Crippen LogP contribution in [-0.4, -0.2) is 73.4 Å². The van der Waals surface area contributed by atoms with E-state index in [2.05, 4.69) is 31.3 Å². The summed E-state index contributed by atoms with van der Waals surface area (Å²) < 4.78 is 23.7. The third kappa shape index (κ3) is 48.9. The molecule has 0 aromatic rings. The average Bonchev–Trinajstić information content (AvgIpc) is 3.25. The fourth-order valence-corrected chi connectivity index (χ4v) is 9.01. The van der Waals surface area contributed by atoms with Crippen molar-refractivity contribution in [3.05, 3.63) is 24.3 Å². The molecule has 0 saturated carbocycles. The number of hydrogen-bond acceptors (Lipinski definition) is 5. The molecular weight excluding hydrogens is 816 g/mol. The maximum Gasteiger partial charge on any atom is 0.472 e. The van der Waals surface area contributed by atoms with Crippen molar-refractivity contribution in [2.75, 3.05) is 40.9 Å². The van der Waals surface area contributed by atoms with E-state index in [4.69, 9.17) is 9.05 Å². The summed E-state index contributed by atoms with van der Waals surface area (Å²) in [6, 6.07) is -0.844. The second kappa shape index (κ2) is 47.1. The van der Waals surface area contributed by atoms with Crippen molar-refractivity contribution in [1.29, 1.82) is 0 Å². The van der Waals surface area contributed by atoms with Crippen molar-refractivity contribution in [3.8, 4) is 0 Å². The van der Waals surface area contributed by atoms with Crippen LogP contribution in [0.2, 0.25) is 0 Å². The van der Waals surface area contributed by atoms with Crippen LogP contribution < -0.4 is 5.32 Å². The van der Waals surface area contributed by atoms with Gasteiger partial charge in [0, 0.05) is 6.42 Å². The first-order valence-corrected chi connectivity index (χ1v) is 29.2. The van der Waals surface area contributed by atoms with Gasteiger partial charge in [-0.1, -0.05) is 244 Å². The first kappa shape index (κ1) is 63.0. The number of rotatable bonds is 51. The van der Waals surface area contributed by atoms with Crippen molar-refractivity contribution < 1.29 is 32.9 Å². The Morgan fingerprint density at radius 2 is 0.844 bits per heavy atom. The number of phosphoric acid groups is 1. The van der Waals surface area contributed by atoms with Crippen LogP contribution in [0.25, 0.3) is 0 Å². The molecule has 0 radical (unpaired) electrons. The van der Waals surface area contributed by atoms with E-state index in [1.165, 1.54) is 212 Å². The highest BCUT2D eigenvalue weighted by Gasteiger charge is 2.27. The summed E-state index contributed by atoms with van der Waals surface area (Å²) in [7, 11) is 1.58. The number of carbonyl (C=O) groups is 1. The zero-order chi connectivity index (χ0) is 47.1. The van der Waals surface area contributed by atoms with Gasteiger partial charge in [-0.2, -0.15) is 0 Å². The molecule has 0 aromatic carbocycles. The molecule has 0 heterocycles. The summed E-state index contributed by atoms with van der Waals surface area (Å²) in [4.78, 5) is 23.3. The van der Waals surface area contributed by atoms with Gasteiger partial charge in [0.1, 0.15) is 13.2 Å². The van der Waals surface area contributed by atoms with Gasteiger partial charge in [0.05, 0.1) is 39.9 Å². The summed E-state index contributed by atoms with van der Waals surface area (Å²) in [6.45, 7) is 4.85. The van der Waals surface area contributed by atoms with E-state index in [-0.39, 0.29) is 19.1 Å². The molecule has 0 aromatic heterocycles. The molecule has 9 heteroatoms. The maximum absolute atomic E-state index is 13.0. The molecule has 0 rings (SSSR count). The van der Waals surface area contributed by atoms with Gasteiger partial charge < -0.3 is 19.8 Å². The first-order valence-electron chi connectivity index (χ1n) is 27.7. The van der Waals surface area contributed by atoms with E-state index in [0.29, 0.717) is 17.4 Å². The number of nitrogens with one attached hydrogen (secondary N) is 1. The van der Waals surface area contributed by atoms with Crippen molar-refractivity contribution in [2.45, 2.75) is 283 Å². The largest absolute Gasteiger partial charge is 0.472 e. The minimum atomic E-state index is -4.34. The zero-order valence-corrected chi connectivity index (χ0v) is 44.2. The Morgan fingerprint density at radius 1 is 0.516 bits per heavy atom. The van der Waals surface area contributed by atoms with Gasteiger partial charge in [0.25, 0.3) is 0 Å². The lowest BCUT2D eigenvalue weighted by Gasteiger charge is -2.25. The van der Waals surface area contributed by atoms with Crippen molar-refractivity contribution in [3.63, 3.8) is 0 Å². The van der Waals surface area contributed by atoms with Crippen LogP contribution in [0.4, 0.5) is 0 Å². The van der Waals surface area contributed by atoms with Crippen LogP contribution in [0.1, 0.15) is 271 Å². The average molecular weight is 926 g/mol. The van der Waals surface area contributed by atoms with Gasteiger partial charge in [0.2, 0.25) is 5.91 Å². The van der Waals surface area contributed by atoms with Gasteiger partial charge in [-0.05, 0) is 44.9 Å². The predicted octanol–water partition coefficient (Wildman–Crippen LogP) is 16.4. The standard InChI is InChI=1S/C55H109N2O6P/c1-6-8-10-12-14-16-18-20-22-24-25-26-27-28-29-30-31-33-35-37-39-41-43-45-47-49-55(59)56-53(52-63-64(60,61)62-51-50-57(3,4)5)54(58)48-46-44-42-40-38-36-34-32-23-21-19-17-15-13-11-9-7-2/h24-25,46,48,53-54,58H,6-23,26-45,47,49-52H2,1-5H3,(H-,56,59,60,61)/p+1/b25-24-,48-46+. The second-order valence-electron chi connectivity index (χ2n) is 20.3. The number of aliphatic hydroxyl groups excluding tert-OH is 1. The highest BCUT2D eigenvalue weighted by atomic mass is 31.2. The molecule has 3 atom stereocenters. The van der Waals surface area contributed by atoms with Gasteiger partial charge >= 0.3 is 7.82 Å². The third-order valence-corrected chi connectivity index (χ3v) is 13.6. The van der Waals surface area contributed by atoms with Crippen molar-refractivity contribution >= 4 is 13.7 Å². The monoisotopic (exact) mass is 926 g/mol. The Bertz CT molecular complexity index is 1090. The topological polar surface area (TPSA) is 105 Å². The van der Waals surface area contributed by atoms with E-state index in [1.807, 2.05) is 27.2 Å². The summed E-state index contributed by atoms with van der Waals surface area (Å²) in [5, 5.41) is 13.9. The molecule has 380 valence electrons. The number of unbranched alkanes of at least 4 members (excludes halogenated alkanes) is 36. The van der Waals surface area contributed by atoms with Crippen LogP contribution >= 0.6 is 7.82 Å². The van der Waals surface area contributed by atoms with Gasteiger partial charge in [0.15, 0.2) is 0 Å². The summed E-state index contributed by atoms with van der Waals surface area (Å²) >= 11 is 0. The Labute approximate surface area is 398 Å². The zero-order valence-electron chi connectivity index (χ0n) is 43.3. The number of likely N-dealkylation sites (N-methyl/N-ethyl adjacent to an activating group) is 1. The summed E-state index contributed by atoms with van der Waals surface area (Å²) in [5.41, 5.74) is 0. The van der Waals surface area contributed by atoms with Crippen molar-refractivity contribution in [1.82, 2.24) is 5.32 Å². The molecule has 0 aliphatic rings. The third-order valence-electron chi connectivity index (χ3n) is 12.7. The molecule has 0 fully saturated rings. The fourth-order valence-electron chi connectivity index (χ4n) is 8.27. The van der Waals surface area contributed by atoms with Crippen LogP contribution in [-0.2, 0) is 18.4 Å². The fraction of sp³-hybridized carbons (Fsp3) is 0.909. The molecule has 3 N–H and O–H groups in total. The van der Waals surface area contributed by atoms with Crippen molar-refractivity contribution in [2.24, 2.45) is 0 Å². The van der Waals surface area contributed by atoms with Gasteiger partial charge in [-0.3, -0.25) is 13.8 Å². The minimum Gasteiger partial charge on any atom is -0.387 e. The Balaban J connectivity index is 4.19.